The highest BCUT2D eigenvalue weighted by atomic mass is 16.5. The second-order valence-corrected chi connectivity index (χ2v) is 8.09. The Hall–Kier alpha value is -4.22. The summed E-state index contributed by atoms with van der Waals surface area (Å²) in [6.07, 6.45) is 14.0. The zero-order chi connectivity index (χ0) is 23.2. The number of nitrogens with one attached hydrogen (secondary N) is 1. The number of benzene rings is 2. The number of aliphatic hydroxyl groups excluding tert-OH is 1. The van der Waals surface area contributed by atoms with Gasteiger partial charge in [0, 0.05) is 23.5 Å². The van der Waals surface area contributed by atoms with Gasteiger partial charge in [-0.15, -0.1) is 0 Å². The van der Waals surface area contributed by atoms with Gasteiger partial charge in [0.05, 0.1) is 24.6 Å². The van der Waals surface area contributed by atoms with Gasteiger partial charge < -0.3 is 14.8 Å². The highest BCUT2D eigenvalue weighted by Gasteiger charge is 2.06. The first kappa shape index (κ1) is 21.6. The molecule has 0 unspecified atom stereocenters. The first-order valence-corrected chi connectivity index (χ1v) is 11.2. The number of hydrogen-bond acceptors (Lipinski definition) is 4. The molecule has 1 aliphatic rings. The normalized spacial score (nSPS) is 13.7. The molecule has 0 radical (unpaired) electrons. The van der Waals surface area contributed by atoms with Gasteiger partial charge in [-0.1, -0.05) is 36.4 Å². The van der Waals surface area contributed by atoms with Gasteiger partial charge in [-0.25, -0.2) is 0 Å². The second kappa shape index (κ2) is 10.1. The van der Waals surface area contributed by atoms with E-state index in [-0.39, 0.29) is 6.61 Å². The van der Waals surface area contributed by atoms with Crippen molar-refractivity contribution in [2.45, 2.75) is 13.2 Å². The second-order valence-electron chi connectivity index (χ2n) is 8.09. The lowest BCUT2D eigenvalue weighted by molar-refractivity contribution is 0.257. The number of H-pyrrole nitrogens is 1. The molecule has 0 amide bonds. The Bertz CT molecular complexity index is 1410. The number of ether oxygens (including phenoxy) is 1. The topological polar surface area (TPSA) is 70.5 Å². The number of rotatable bonds is 8. The molecule has 2 aromatic carbocycles. The summed E-state index contributed by atoms with van der Waals surface area (Å²) >= 11 is 0. The lowest BCUT2D eigenvalue weighted by atomic mass is 10.1. The van der Waals surface area contributed by atoms with Crippen LogP contribution in [0.25, 0.3) is 23.1 Å². The minimum atomic E-state index is -0.0937. The molecule has 0 saturated carbocycles. The van der Waals surface area contributed by atoms with Crippen LogP contribution in [0.2, 0.25) is 0 Å². The number of allylic oxidation sites excluding steroid dienone is 2. The van der Waals surface area contributed by atoms with E-state index in [0.717, 1.165) is 28.0 Å². The number of aliphatic hydroxyl groups is 1. The molecule has 2 N–H and O–H groups in total. The first-order valence-electron chi connectivity index (χ1n) is 11.2. The van der Waals surface area contributed by atoms with Crippen molar-refractivity contribution in [3.8, 4) is 5.75 Å². The summed E-state index contributed by atoms with van der Waals surface area (Å²) in [5, 5.41) is 11.0. The highest BCUT2D eigenvalue weighted by Crippen LogP contribution is 2.23. The van der Waals surface area contributed by atoms with E-state index in [1.54, 1.807) is 6.20 Å². The molecule has 0 spiro atoms. The third kappa shape index (κ3) is 5.22. The number of hydrogen-bond donors (Lipinski definition) is 2. The van der Waals surface area contributed by atoms with E-state index in [1.807, 2.05) is 54.7 Å². The number of fused-ring (bicyclic) bond motifs is 1. The van der Waals surface area contributed by atoms with Gasteiger partial charge in [0.1, 0.15) is 12.4 Å². The van der Waals surface area contributed by atoms with Crippen molar-refractivity contribution in [1.29, 1.82) is 0 Å². The van der Waals surface area contributed by atoms with E-state index in [2.05, 4.69) is 57.5 Å². The maximum atomic E-state index is 9.79. The van der Waals surface area contributed by atoms with Crippen LogP contribution < -0.4 is 4.74 Å². The Morgan fingerprint density at radius 2 is 1.82 bits per heavy atom. The smallest absolute Gasteiger partial charge is 0.130 e. The third-order valence-electron chi connectivity index (χ3n) is 5.65. The summed E-state index contributed by atoms with van der Waals surface area (Å²) in [7, 11) is 0. The van der Waals surface area contributed by atoms with Crippen molar-refractivity contribution in [3.63, 3.8) is 0 Å². The quantitative estimate of drug-likeness (QED) is 0.362. The maximum absolute atomic E-state index is 9.79. The van der Waals surface area contributed by atoms with Crippen LogP contribution in [0.15, 0.2) is 102 Å². The average molecular weight is 448 g/mol. The lowest BCUT2D eigenvalue weighted by Crippen LogP contribution is -2.00. The molecule has 5 heteroatoms. The molecular formula is C29H25N3O2. The van der Waals surface area contributed by atoms with Gasteiger partial charge in [0.2, 0.25) is 0 Å². The van der Waals surface area contributed by atoms with Crippen LogP contribution in [-0.2, 0) is 13.2 Å². The Morgan fingerprint density at radius 3 is 2.71 bits per heavy atom. The van der Waals surface area contributed by atoms with E-state index in [0.29, 0.717) is 18.9 Å². The van der Waals surface area contributed by atoms with E-state index in [1.165, 1.54) is 16.5 Å². The summed E-state index contributed by atoms with van der Waals surface area (Å²) < 4.78 is 5.85. The summed E-state index contributed by atoms with van der Waals surface area (Å²) in [5.41, 5.74) is 6.98. The molecule has 0 bridgehead atoms. The maximum Gasteiger partial charge on any atom is 0.130 e. The van der Waals surface area contributed by atoms with Gasteiger partial charge in [-0.2, -0.15) is 0 Å². The van der Waals surface area contributed by atoms with Gasteiger partial charge in [-0.3, -0.25) is 9.98 Å². The SMILES string of the molecule is OCc1cc(/C=C/C2=NCC(/C=C/c3ccc4[nH]ccc4c3)=C2)ccc1OCc1ccccn1. The predicted molar refractivity (Wildman–Crippen MR) is 138 cm³/mol. The van der Waals surface area contributed by atoms with Crippen molar-refractivity contribution < 1.29 is 9.84 Å². The summed E-state index contributed by atoms with van der Waals surface area (Å²) in [6, 6.07) is 19.9. The van der Waals surface area contributed by atoms with Crippen molar-refractivity contribution in [2.24, 2.45) is 4.99 Å². The molecule has 3 heterocycles. The molecule has 5 nitrogen and oxygen atoms in total. The van der Waals surface area contributed by atoms with Crippen LogP contribution >= 0.6 is 0 Å². The molecule has 5 rings (SSSR count). The molecule has 2 aromatic heterocycles. The molecule has 0 atom stereocenters. The minimum Gasteiger partial charge on any atom is -0.487 e. The summed E-state index contributed by atoms with van der Waals surface area (Å²) in [4.78, 5) is 12.1. The van der Waals surface area contributed by atoms with E-state index in [9.17, 15) is 5.11 Å². The highest BCUT2D eigenvalue weighted by molar-refractivity contribution is 6.08. The van der Waals surface area contributed by atoms with Crippen molar-refractivity contribution in [3.05, 3.63) is 119 Å². The van der Waals surface area contributed by atoms with Crippen molar-refractivity contribution in [1.82, 2.24) is 9.97 Å². The monoisotopic (exact) mass is 447 g/mol. The molecule has 0 fully saturated rings. The number of pyridine rings is 1. The fourth-order valence-corrected chi connectivity index (χ4v) is 3.83. The third-order valence-corrected chi connectivity index (χ3v) is 5.65. The van der Waals surface area contributed by atoms with Gasteiger partial charge in [-0.05, 0) is 76.7 Å². The fourth-order valence-electron chi connectivity index (χ4n) is 3.83. The standard InChI is InChI=1S/C29H25N3O2/c33-19-25-16-22(8-11-29(25)34-20-27-3-1-2-13-30-27)6-9-26-17-23(18-32-26)5-4-21-7-10-28-24(15-21)12-14-31-28/h1-17,31,33H,18-20H2/b5-4+,9-6+. The molecule has 168 valence electrons. The first-order chi connectivity index (χ1) is 16.8. The van der Waals surface area contributed by atoms with Gasteiger partial charge in [0.25, 0.3) is 0 Å². The predicted octanol–water partition coefficient (Wildman–Crippen LogP) is 5.74. The molecular weight excluding hydrogens is 422 g/mol. The van der Waals surface area contributed by atoms with Crippen LogP contribution in [0.1, 0.15) is 22.4 Å². The molecule has 0 aliphatic carbocycles. The van der Waals surface area contributed by atoms with Crippen molar-refractivity contribution in [2.75, 3.05) is 6.54 Å². The molecule has 34 heavy (non-hydrogen) atoms. The number of nitrogens with zero attached hydrogens (tertiary/aromatic N) is 2. The minimum absolute atomic E-state index is 0.0937. The number of aromatic nitrogens is 2. The Balaban J connectivity index is 1.22. The Morgan fingerprint density at radius 1 is 0.941 bits per heavy atom. The largest absolute Gasteiger partial charge is 0.487 e. The van der Waals surface area contributed by atoms with Gasteiger partial charge >= 0.3 is 0 Å². The van der Waals surface area contributed by atoms with E-state index >= 15 is 0 Å². The zero-order valence-corrected chi connectivity index (χ0v) is 18.7. The van der Waals surface area contributed by atoms with E-state index < -0.39 is 0 Å². The Kier molecular flexibility index (Phi) is 6.45. The van der Waals surface area contributed by atoms with Crippen molar-refractivity contribution >= 4 is 28.8 Å². The van der Waals surface area contributed by atoms with Crippen LogP contribution in [-0.4, -0.2) is 27.3 Å². The molecule has 4 aromatic rings. The molecule has 0 saturated heterocycles. The van der Waals surface area contributed by atoms with Crippen LogP contribution in [0.3, 0.4) is 0 Å². The van der Waals surface area contributed by atoms with Gasteiger partial charge in [0.15, 0.2) is 0 Å². The van der Waals surface area contributed by atoms with Crippen LogP contribution in [0.5, 0.6) is 5.75 Å². The van der Waals surface area contributed by atoms with Crippen LogP contribution in [0.4, 0.5) is 0 Å². The Labute approximate surface area is 198 Å². The number of aromatic amines is 1. The molecule has 1 aliphatic heterocycles. The lowest BCUT2D eigenvalue weighted by Gasteiger charge is -2.10. The fraction of sp³-hybridized carbons (Fsp3) is 0.103. The zero-order valence-electron chi connectivity index (χ0n) is 18.7. The average Bonchev–Trinajstić information content (AvgIpc) is 3.55. The summed E-state index contributed by atoms with van der Waals surface area (Å²) in [6.45, 7) is 0.939. The van der Waals surface area contributed by atoms with E-state index in [4.69, 9.17) is 4.74 Å². The van der Waals surface area contributed by atoms with Crippen LogP contribution in [0, 0.1) is 0 Å². The number of aliphatic imine (C=N–C) groups is 1. The summed E-state index contributed by atoms with van der Waals surface area (Å²) in [5.74, 6) is 0.661.